The molecule has 0 aliphatic carbocycles. The third-order valence-corrected chi connectivity index (χ3v) is 5.80. The van der Waals surface area contributed by atoms with Crippen LogP contribution >= 0.6 is 11.6 Å². The second-order valence-corrected chi connectivity index (χ2v) is 7.89. The molecule has 1 N–H and O–H groups in total. The number of rotatable bonds is 4. The van der Waals surface area contributed by atoms with Crippen LogP contribution in [0, 0.1) is 13.8 Å². The Morgan fingerprint density at radius 1 is 1.00 bits per heavy atom. The van der Waals surface area contributed by atoms with Crippen LogP contribution in [0.25, 0.3) is 0 Å². The number of aryl methyl sites for hydroxylation is 2. The van der Waals surface area contributed by atoms with E-state index in [0.29, 0.717) is 43.2 Å². The lowest BCUT2D eigenvalue weighted by Gasteiger charge is -2.27. The van der Waals surface area contributed by atoms with Crippen molar-refractivity contribution in [3.8, 4) is 0 Å². The average Bonchev–Trinajstić information content (AvgIpc) is 2.99. The summed E-state index contributed by atoms with van der Waals surface area (Å²) in [6, 6.07) is 12.1. The minimum atomic E-state index is -0.585. The van der Waals surface area contributed by atoms with Crippen molar-refractivity contribution in [1.82, 2.24) is 4.90 Å². The summed E-state index contributed by atoms with van der Waals surface area (Å²) in [6.45, 7) is 5.95. The predicted molar refractivity (Wildman–Crippen MR) is 118 cm³/mol. The summed E-state index contributed by atoms with van der Waals surface area (Å²) < 4.78 is 5.29. The standard InChI is InChI=1S/C23H22ClN3O4/c1-14-6-7-18(12-15(14)2)27-22(29)19(24)20(23(27)30)25-17-5-3-4-16(13-17)21(28)26-8-10-31-11-9-26/h3-7,12-13,25H,8-11H2,1-2H3. The first kappa shape index (κ1) is 21.1. The average molecular weight is 440 g/mol. The first-order valence-electron chi connectivity index (χ1n) is 9.96. The van der Waals surface area contributed by atoms with E-state index in [4.69, 9.17) is 16.3 Å². The number of carbonyl (C=O) groups excluding carboxylic acids is 3. The zero-order valence-electron chi connectivity index (χ0n) is 17.3. The summed E-state index contributed by atoms with van der Waals surface area (Å²) in [5.74, 6) is -1.24. The van der Waals surface area contributed by atoms with Crippen LogP contribution in [0.15, 0.2) is 53.2 Å². The summed E-state index contributed by atoms with van der Waals surface area (Å²) in [6.07, 6.45) is 0. The molecule has 0 radical (unpaired) electrons. The Kier molecular flexibility index (Phi) is 5.80. The van der Waals surface area contributed by atoms with Gasteiger partial charge in [0.15, 0.2) is 0 Å². The van der Waals surface area contributed by atoms with E-state index in [1.807, 2.05) is 19.9 Å². The molecule has 8 heteroatoms. The molecular formula is C23H22ClN3O4. The molecule has 2 aliphatic heterocycles. The van der Waals surface area contributed by atoms with Gasteiger partial charge in [0, 0.05) is 24.3 Å². The lowest BCUT2D eigenvalue weighted by atomic mass is 10.1. The van der Waals surface area contributed by atoms with Gasteiger partial charge < -0.3 is 15.0 Å². The monoisotopic (exact) mass is 439 g/mol. The minimum absolute atomic E-state index is 0.0131. The number of anilines is 2. The largest absolute Gasteiger partial charge is 0.378 e. The Morgan fingerprint density at radius 2 is 1.74 bits per heavy atom. The van der Waals surface area contributed by atoms with Gasteiger partial charge >= 0.3 is 0 Å². The molecule has 0 saturated carbocycles. The smallest absolute Gasteiger partial charge is 0.283 e. The first-order valence-corrected chi connectivity index (χ1v) is 10.3. The molecule has 4 rings (SSSR count). The maximum atomic E-state index is 13.0. The first-order chi connectivity index (χ1) is 14.9. The fourth-order valence-electron chi connectivity index (χ4n) is 3.53. The highest BCUT2D eigenvalue weighted by molar-refractivity contribution is 6.53. The molecule has 2 aromatic carbocycles. The van der Waals surface area contributed by atoms with Gasteiger partial charge in [-0.15, -0.1) is 0 Å². The van der Waals surface area contributed by atoms with Crippen LogP contribution in [0.4, 0.5) is 11.4 Å². The van der Waals surface area contributed by atoms with Crippen LogP contribution in [0.2, 0.25) is 0 Å². The van der Waals surface area contributed by atoms with E-state index < -0.39 is 11.8 Å². The number of nitrogens with one attached hydrogen (secondary N) is 1. The normalized spacial score (nSPS) is 16.9. The molecule has 0 atom stereocenters. The molecule has 31 heavy (non-hydrogen) atoms. The Hall–Kier alpha value is -3.16. The summed E-state index contributed by atoms with van der Waals surface area (Å²) >= 11 is 6.23. The lowest BCUT2D eigenvalue weighted by Crippen LogP contribution is -2.40. The highest BCUT2D eigenvalue weighted by Gasteiger charge is 2.39. The Morgan fingerprint density at radius 3 is 2.45 bits per heavy atom. The maximum absolute atomic E-state index is 13.0. The Labute approximate surface area is 185 Å². The number of carbonyl (C=O) groups is 3. The summed E-state index contributed by atoms with van der Waals surface area (Å²) in [5, 5.41) is 2.75. The van der Waals surface area contributed by atoms with E-state index in [1.165, 1.54) is 0 Å². The molecule has 0 unspecified atom stereocenters. The van der Waals surface area contributed by atoms with Gasteiger partial charge in [-0.2, -0.15) is 0 Å². The van der Waals surface area contributed by atoms with Crippen molar-refractivity contribution >= 4 is 40.7 Å². The molecule has 0 bridgehead atoms. The van der Waals surface area contributed by atoms with Crippen LogP contribution in [0.1, 0.15) is 21.5 Å². The van der Waals surface area contributed by atoms with Crippen molar-refractivity contribution in [2.24, 2.45) is 0 Å². The zero-order valence-corrected chi connectivity index (χ0v) is 18.0. The number of morpholine rings is 1. The molecule has 7 nitrogen and oxygen atoms in total. The van der Waals surface area contributed by atoms with Gasteiger partial charge in [0.25, 0.3) is 17.7 Å². The van der Waals surface area contributed by atoms with Crippen molar-refractivity contribution in [2.75, 3.05) is 36.5 Å². The summed E-state index contributed by atoms with van der Waals surface area (Å²) in [7, 11) is 0. The number of halogens is 1. The van der Waals surface area contributed by atoms with Gasteiger partial charge in [0.2, 0.25) is 0 Å². The van der Waals surface area contributed by atoms with Crippen molar-refractivity contribution in [2.45, 2.75) is 13.8 Å². The summed E-state index contributed by atoms with van der Waals surface area (Å²) in [4.78, 5) is 41.2. The van der Waals surface area contributed by atoms with Crippen LogP contribution < -0.4 is 10.2 Å². The molecule has 1 fully saturated rings. The van der Waals surface area contributed by atoms with Gasteiger partial charge in [-0.25, -0.2) is 4.90 Å². The molecule has 0 aromatic heterocycles. The fourth-order valence-corrected chi connectivity index (χ4v) is 3.75. The van der Waals surface area contributed by atoms with Crippen LogP contribution in [-0.4, -0.2) is 48.9 Å². The molecular weight excluding hydrogens is 418 g/mol. The van der Waals surface area contributed by atoms with E-state index in [0.717, 1.165) is 16.0 Å². The van der Waals surface area contributed by atoms with Crippen LogP contribution in [0.3, 0.4) is 0 Å². The maximum Gasteiger partial charge on any atom is 0.283 e. The van der Waals surface area contributed by atoms with Crippen LogP contribution in [-0.2, 0) is 14.3 Å². The minimum Gasteiger partial charge on any atom is -0.378 e. The highest BCUT2D eigenvalue weighted by atomic mass is 35.5. The molecule has 2 aromatic rings. The van der Waals surface area contributed by atoms with Crippen LogP contribution in [0.5, 0.6) is 0 Å². The Bertz CT molecular complexity index is 1110. The third-order valence-electron chi connectivity index (χ3n) is 5.45. The number of ether oxygens (including phenoxy) is 1. The van der Waals surface area contributed by atoms with Gasteiger partial charge in [0.05, 0.1) is 18.9 Å². The zero-order chi connectivity index (χ0) is 22.1. The number of nitrogens with zero attached hydrogens (tertiary/aromatic N) is 2. The fraction of sp³-hybridized carbons (Fsp3) is 0.261. The van der Waals surface area contributed by atoms with Crippen molar-refractivity contribution in [3.05, 3.63) is 69.9 Å². The van der Waals surface area contributed by atoms with E-state index in [1.54, 1.807) is 41.3 Å². The molecule has 0 spiro atoms. The van der Waals surface area contributed by atoms with Crippen molar-refractivity contribution < 1.29 is 19.1 Å². The highest BCUT2D eigenvalue weighted by Crippen LogP contribution is 2.31. The molecule has 1 saturated heterocycles. The molecule has 160 valence electrons. The number of amides is 3. The Balaban J connectivity index is 1.56. The van der Waals surface area contributed by atoms with E-state index in [2.05, 4.69) is 5.32 Å². The molecule has 2 heterocycles. The van der Waals surface area contributed by atoms with Gasteiger partial charge in [0.1, 0.15) is 10.7 Å². The van der Waals surface area contributed by atoms with Gasteiger partial charge in [-0.05, 0) is 55.3 Å². The number of hydrogen-bond donors (Lipinski definition) is 1. The lowest BCUT2D eigenvalue weighted by molar-refractivity contribution is -0.120. The van der Waals surface area contributed by atoms with E-state index in [9.17, 15) is 14.4 Å². The second kappa shape index (κ2) is 8.53. The van der Waals surface area contributed by atoms with Crippen molar-refractivity contribution in [3.63, 3.8) is 0 Å². The number of benzene rings is 2. The SMILES string of the molecule is Cc1ccc(N2C(=O)C(Cl)=C(Nc3cccc(C(=O)N4CCOCC4)c3)C2=O)cc1C. The number of hydrogen-bond acceptors (Lipinski definition) is 5. The summed E-state index contributed by atoms with van der Waals surface area (Å²) in [5.41, 5.74) is 3.44. The predicted octanol–water partition coefficient (Wildman–Crippen LogP) is 3.21. The topological polar surface area (TPSA) is 79.0 Å². The van der Waals surface area contributed by atoms with Crippen molar-refractivity contribution in [1.29, 1.82) is 0 Å². The third kappa shape index (κ3) is 4.06. The molecule has 3 amide bonds. The number of imide groups is 1. The quantitative estimate of drug-likeness (QED) is 0.740. The molecule has 2 aliphatic rings. The van der Waals surface area contributed by atoms with Gasteiger partial charge in [-0.1, -0.05) is 23.7 Å². The second-order valence-electron chi connectivity index (χ2n) is 7.51. The van der Waals surface area contributed by atoms with Gasteiger partial charge in [-0.3, -0.25) is 14.4 Å². The van der Waals surface area contributed by atoms with E-state index >= 15 is 0 Å². The van der Waals surface area contributed by atoms with E-state index in [-0.39, 0.29) is 16.6 Å².